The van der Waals surface area contributed by atoms with Crippen LogP contribution >= 0.6 is 0 Å². The van der Waals surface area contributed by atoms with E-state index in [-0.39, 0.29) is 0 Å². The lowest BCUT2D eigenvalue weighted by Crippen LogP contribution is -2.45. The van der Waals surface area contributed by atoms with Crippen LogP contribution in [-0.2, 0) is 0 Å². The van der Waals surface area contributed by atoms with Crippen LogP contribution < -0.4 is 5.73 Å². The molecule has 0 bridgehead atoms. The molecule has 3 nitrogen and oxygen atoms in total. The van der Waals surface area contributed by atoms with Crippen molar-refractivity contribution in [2.24, 2.45) is 11.7 Å². The smallest absolute Gasteiger partial charge is 0.0112 e. The standard InChI is InChI=1S/C14H31N3/c1-12(2)11-17(13(3)4)10-9-16-7-5-14(15)6-8-16/h12-14H,5-11,15H2,1-4H3. The average molecular weight is 241 g/mol. The Hall–Kier alpha value is -0.120. The van der Waals surface area contributed by atoms with E-state index in [2.05, 4.69) is 37.5 Å². The predicted molar refractivity (Wildman–Crippen MR) is 75.2 cm³/mol. The molecule has 2 N–H and O–H groups in total. The SMILES string of the molecule is CC(C)CN(CCN1CCC(N)CC1)C(C)C. The van der Waals surface area contributed by atoms with E-state index in [4.69, 9.17) is 5.73 Å². The summed E-state index contributed by atoms with van der Waals surface area (Å²) in [6.45, 7) is 15.2. The van der Waals surface area contributed by atoms with Gasteiger partial charge in [-0.25, -0.2) is 0 Å². The van der Waals surface area contributed by atoms with Crippen molar-refractivity contribution in [2.75, 3.05) is 32.7 Å². The molecule has 0 aromatic rings. The molecule has 0 amide bonds. The molecule has 1 aliphatic rings. The van der Waals surface area contributed by atoms with E-state index in [1.54, 1.807) is 0 Å². The molecule has 17 heavy (non-hydrogen) atoms. The molecule has 102 valence electrons. The Bertz CT molecular complexity index is 196. The number of likely N-dealkylation sites (tertiary alicyclic amines) is 1. The van der Waals surface area contributed by atoms with Crippen LogP contribution in [0.3, 0.4) is 0 Å². The Morgan fingerprint density at radius 2 is 1.76 bits per heavy atom. The van der Waals surface area contributed by atoms with Gasteiger partial charge in [0.15, 0.2) is 0 Å². The minimum Gasteiger partial charge on any atom is -0.328 e. The summed E-state index contributed by atoms with van der Waals surface area (Å²) in [6.07, 6.45) is 2.34. The fraction of sp³-hybridized carbons (Fsp3) is 1.00. The molecule has 0 atom stereocenters. The van der Waals surface area contributed by atoms with Crippen molar-refractivity contribution < 1.29 is 0 Å². The predicted octanol–water partition coefficient (Wildman–Crippen LogP) is 1.78. The Kier molecular flexibility index (Phi) is 6.45. The molecule has 1 fully saturated rings. The minimum absolute atomic E-state index is 0.447. The molecule has 0 unspecified atom stereocenters. The molecule has 0 radical (unpaired) electrons. The Balaban J connectivity index is 2.26. The van der Waals surface area contributed by atoms with Gasteiger partial charge in [0.25, 0.3) is 0 Å². The molecule has 1 rings (SSSR count). The van der Waals surface area contributed by atoms with Gasteiger partial charge >= 0.3 is 0 Å². The normalized spacial score (nSPS) is 19.8. The van der Waals surface area contributed by atoms with Crippen LogP contribution in [0, 0.1) is 5.92 Å². The van der Waals surface area contributed by atoms with Crippen molar-refractivity contribution >= 4 is 0 Å². The first kappa shape index (κ1) is 14.9. The fourth-order valence-corrected chi connectivity index (χ4v) is 2.48. The summed E-state index contributed by atoms with van der Waals surface area (Å²) in [5.74, 6) is 0.757. The molecule has 3 heteroatoms. The summed E-state index contributed by atoms with van der Waals surface area (Å²) >= 11 is 0. The topological polar surface area (TPSA) is 32.5 Å². The average Bonchev–Trinajstić information content (AvgIpc) is 2.25. The van der Waals surface area contributed by atoms with E-state index < -0.39 is 0 Å². The van der Waals surface area contributed by atoms with Crippen molar-refractivity contribution in [3.63, 3.8) is 0 Å². The van der Waals surface area contributed by atoms with Crippen LogP contribution in [0.5, 0.6) is 0 Å². The van der Waals surface area contributed by atoms with E-state index in [1.807, 2.05) is 0 Å². The van der Waals surface area contributed by atoms with Crippen molar-refractivity contribution in [1.82, 2.24) is 9.80 Å². The van der Waals surface area contributed by atoms with Gasteiger partial charge in [-0.15, -0.1) is 0 Å². The van der Waals surface area contributed by atoms with Gasteiger partial charge in [0, 0.05) is 31.7 Å². The maximum Gasteiger partial charge on any atom is 0.0112 e. The fourth-order valence-electron chi connectivity index (χ4n) is 2.48. The maximum absolute atomic E-state index is 5.93. The van der Waals surface area contributed by atoms with Crippen molar-refractivity contribution in [1.29, 1.82) is 0 Å². The summed E-state index contributed by atoms with van der Waals surface area (Å²) in [5.41, 5.74) is 5.93. The molecule has 1 saturated heterocycles. The van der Waals surface area contributed by atoms with Gasteiger partial charge in [-0.05, 0) is 45.7 Å². The first-order valence-corrected chi connectivity index (χ1v) is 7.21. The summed E-state index contributed by atoms with van der Waals surface area (Å²) in [4.78, 5) is 5.16. The summed E-state index contributed by atoms with van der Waals surface area (Å²) in [5, 5.41) is 0. The molecular formula is C14H31N3. The minimum atomic E-state index is 0.447. The maximum atomic E-state index is 5.93. The highest BCUT2D eigenvalue weighted by Crippen LogP contribution is 2.09. The van der Waals surface area contributed by atoms with Gasteiger partial charge in [0.2, 0.25) is 0 Å². The first-order valence-electron chi connectivity index (χ1n) is 7.21. The van der Waals surface area contributed by atoms with E-state index in [0.29, 0.717) is 12.1 Å². The Morgan fingerprint density at radius 3 is 2.24 bits per heavy atom. The highest BCUT2D eigenvalue weighted by molar-refractivity contribution is 4.75. The van der Waals surface area contributed by atoms with Crippen LogP contribution in [0.15, 0.2) is 0 Å². The number of nitrogens with zero attached hydrogens (tertiary/aromatic N) is 2. The largest absolute Gasteiger partial charge is 0.328 e. The molecular weight excluding hydrogens is 210 g/mol. The number of hydrogen-bond donors (Lipinski definition) is 1. The van der Waals surface area contributed by atoms with Crippen molar-refractivity contribution in [2.45, 2.75) is 52.6 Å². The van der Waals surface area contributed by atoms with Gasteiger partial charge in [0.05, 0.1) is 0 Å². The second-order valence-electron chi connectivity index (χ2n) is 6.16. The summed E-state index contributed by atoms with van der Waals surface area (Å²) in [6, 6.07) is 1.10. The number of nitrogens with two attached hydrogens (primary N) is 1. The van der Waals surface area contributed by atoms with E-state index in [1.165, 1.54) is 45.6 Å². The first-order chi connectivity index (χ1) is 7.99. The summed E-state index contributed by atoms with van der Waals surface area (Å²) in [7, 11) is 0. The van der Waals surface area contributed by atoms with Crippen LogP contribution in [0.1, 0.15) is 40.5 Å². The lowest BCUT2D eigenvalue weighted by molar-refractivity contribution is 0.144. The van der Waals surface area contributed by atoms with Crippen LogP contribution in [0.4, 0.5) is 0 Å². The van der Waals surface area contributed by atoms with Gasteiger partial charge < -0.3 is 10.6 Å². The second kappa shape index (κ2) is 7.34. The molecule has 1 heterocycles. The molecule has 0 aliphatic carbocycles. The molecule has 0 saturated carbocycles. The van der Waals surface area contributed by atoms with Gasteiger partial charge in [-0.3, -0.25) is 4.90 Å². The third-order valence-electron chi connectivity index (χ3n) is 3.67. The van der Waals surface area contributed by atoms with Crippen LogP contribution in [-0.4, -0.2) is 54.6 Å². The Morgan fingerprint density at radius 1 is 1.18 bits per heavy atom. The monoisotopic (exact) mass is 241 g/mol. The number of hydrogen-bond acceptors (Lipinski definition) is 3. The van der Waals surface area contributed by atoms with Crippen molar-refractivity contribution in [3.05, 3.63) is 0 Å². The summed E-state index contributed by atoms with van der Waals surface area (Å²) < 4.78 is 0. The van der Waals surface area contributed by atoms with Crippen LogP contribution in [0.2, 0.25) is 0 Å². The molecule has 0 aromatic heterocycles. The third kappa shape index (κ3) is 5.84. The highest BCUT2D eigenvalue weighted by Gasteiger charge is 2.17. The van der Waals surface area contributed by atoms with Crippen molar-refractivity contribution in [3.8, 4) is 0 Å². The highest BCUT2D eigenvalue weighted by atomic mass is 15.2. The Labute approximate surface area is 107 Å². The zero-order valence-corrected chi connectivity index (χ0v) is 12.2. The third-order valence-corrected chi connectivity index (χ3v) is 3.67. The zero-order chi connectivity index (χ0) is 12.8. The zero-order valence-electron chi connectivity index (χ0n) is 12.2. The van der Waals surface area contributed by atoms with E-state index >= 15 is 0 Å². The van der Waals surface area contributed by atoms with Crippen LogP contribution in [0.25, 0.3) is 0 Å². The second-order valence-corrected chi connectivity index (χ2v) is 6.16. The van der Waals surface area contributed by atoms with E-state index in [9.17, 15) is 0 Å². The van der Waals surface area contributed by atoms with Gasteiger partial charge in [0.1, 0.15) is 0 Å². The van der Waals surface area contributed by atoms with Gasteiger partial charge in [-0.1, -0.05) is 13.8 Å². The number of piperidine rings is 1. The molecule has 1 aliphatic heterocycles. The van der Waals surface area contributed by atoms with E-state index in [0.717, 1.165) is 5.92 Å². The molecule has 0 spiro atoms. The lowest BCUT2D eigenvalue weighted by atomic mass is 10.1. The van der Waals surface area contributed by atoms with Gasteiger partial charge in [-0.2, -0.15) is 0 Å². The lowest BCUT2D eigenvalue weighted by Gasteiger charge is -2.34. The quantitative estimate of drug-likeness (QED) is 0.769. The molecule has 0 aromatic carbocycles. The number of rotatable bonds is 6.